The van der Waals surface area contributed by atoms with Gasteiger partial charge in [0.15, 0.2) is 17.2 Å². The van der Waals surface area contributed by atoms with Crippen LogP contribution in [0.3, 0.4) is 0 Å². The van der Waals surface area contributed by atoms with Gasteiger partial charge in [0.25, 0.3) is 0 Å². The summed E-state index contributed by atoms with van der Waals surface area (Å²) in [7, 11) is 2.67. The second-order valence-electron chi connectivity index (χ2n) is 11.4. The van der Waals surface area contributed by atoms with E-state index >= 15 is 0 Å². The lowest BCUT2D eigenvalue weighted by Crippen LogP contribution is -2.50. The van der Waals surface area contributed by atoms with Crippen LogP contribution in [0.1, 0.15) is 49.5 Å². The predicted octanol–water partition coefficient (Wildman–Crippen LogP) is 5.85. The van der Waals surface area contributed by atoms with Gasteiger partial charge in [-0.25, -0.2) is 9.59 Å². The van der Waals surface area contributed by atoms with E-state index in [2.05, 4.69) is 31.9 Å². The van der Waals surface area contributed by atoms with Gasteiger partial charge >= 0.3 is 12.1 Å². The van der Waals surface area contributed by atoms with Gasteiger partial charge in [0.05, 0.1) is 27.3 Å². The first-order chi connectivity index (χ1) is 22.1. The molecule has 5 rings (SSSR count). The number of benzene rings is 3. The van der Waals surface area contributed by atoms with E-state index < -0.39 is 47.6 Å². The lowest BCUT2D eigenvalue weighted by Gasteiger charge is -2.27. The number of rotatable bonds is 4. The summed E-state index contributed by atoms with van der Waals surface area (Å²) >= 11 is 11.9. The van der Waals surface area contributed by atoms with E-state index in [4.69, 9.17) is 30.5 Å². The molecule has 250 valence electrons. The van der Waals surface area contributed by atoms with E-state index in [0.29, 0.717) is 21.3 Å². The topological polar surface area (TPSA) is 162 Å². The smallest absolute Gasteiger partial charge is 0.408 e. The first kappa shape index (κ1) is 36.1. The highest BCUT2D eigenvalue weighted by molar-refractivity contribution is 14.1. The summed E-state index contributed by atoms with van der Waals surface area (Å²) in [5.41, 5.74) is 0.163. The molecule has 3 atom stereocenters. The fraction of sp³-hybridized carbons (Fsp3) is 0.312. The molecule has 47 heavy (non-hydrogen) atoms. The minimum atomic E-state index is -1.46. The van der Waals surface area contributed by atoms with Crippen LogP contribution < -0.4 is 25.4 Å². The van der Waals surface area contributed by atoms with Crippen molar-refractivity contribution in [2.24, 2.45) is 0 Å². The fourth-order valence-electron chi connectivity index (χ4n) is 4.65. The third kappa shape index (κ3) is 8.99. The van der Waals surface area contributed by atoms with E-state index in [1.165, 1.54) is 26.4 Å². The molecule has 12 nitrogen and oxygen atoms in total. The molecule has 4 N–H and O–H groups in total. The Morgan fingerprint density at radius 3 is 2.32 bits per heavy atom. The Morgan fingerprint density at radius 1 is 1.04 bits per heavy atom. The lowest BCUT2D eigenvalue weighted by atomic mass is 10.0. The fourth-order valence-corrected chi connectivity index (χ4v) is 6.26. The number of alkyl carbamates (subject to hydrolysis) is 1. The molecule has 0 saturated carbocycles. The number of esters is 1. The number of amides is 3. The zero-order valence-electron chi connectivity index (χ0n) is 25.9. The molecule has 3 aromatic carbocycles. The number of nitrogens with one attached hydrogen (secondary N) is 3. The number of aromatic hydroxyl groups is 1. The summed E-state index contributed by atoms with van der Waals surface area (Å²) in [4.78, 5) is 54.0. The molecule has 0 spiro atoms. The Morgan fingerprint density at radius 2 is 1.72 bits per heavy atom. The highest BCUT2D eigenvalue weighted by Gasteiger charge is 2.34. The summed E-state index contributed by atoms with van der Waals surface area (Å²) in [6.07, 6.45) is -0.961. The molecule has 3 amide bonds. The normalized spacial score (nSPS) is 18.3. The number of carbonyl (C=O) groups is 4. The van der Waals surface area contributed by atoms with Gasteiger partial charge in [0, 0.05) is 6.42 Å². The van der Waals surface area contributed by atoms with Crippen molar-refractivity contribution in [3.63, 3.8) is 0 Å². The molecule has 0 fully saturated rings. The van der Waals surface area contributed by atoms with Gasteiger partial charge in [-0.3, -0.25) is 9.59 Å². The zero-order chi connectivity index (χ0) is 34.6. The average Bonchev–Trinajstić information content (AvgIpc) is 3.00. The third-order valence-electron chi connectivity index (χ3n) is 6.82. The molecular weight excluding hydrogens is 813 g/mol. The van der Waals surface area contributed by atoms with Crippen molar-refractivity contribution in [3.05, 3.63) is 78.3 Å². The van der Waals surface area contributed by atoms with Gasteiger partial charge < -0.3 is 40.0 Å². The number of phenols is 1. The zero-order valence-corrected chi connectivity index (χ0v) is 30.4. The van der Waals surface area contributed by atoms with E-state index in [1.54, 1.807) is 57.2 Å². The highest BCUT2D eigenvalue weighted by atomic mass is 127. The van der Waals surface area contributed by atoms with Gasteiger partial charge in [-0.2, -0.15) is 0 Å². The van der Waals surface area contributed by atoms with Crippen LogP contribution in [-0.4, -0.2) is 54.8 Å². The number of carbonyl (C=O) groups excluding carboxylic acids is 4. The van der Waals surface area contributed by atoms with E-state index in [0.717, 1.165) is 0 Å². The highest BCUT2D eigenvalue weighted by Crippen LogP contribution is 2.43. The Kier molecular flexibility index (Phi) is 11.5. The maximum Gasteiger partial charge on any atom is 0.408 e. The molecule has 0 aromatic heterocycles. The van der Waals surface area contributed by atoms with Crippen molar-refractivity contribution in [2.75, 3.05) is 14.2 Å². The van der Waals surface area contributed by atoms with Crippen LogP contribution in [0.5, 0.6) is 23.0 Å². The number of methoxy groups -OCH3 is 2. The number of hydrogen-bond acceptors (Lipinski definition) is 9. The molecule has 2 heterocycles. The molecule has 0 unspecified atom stereocenters. The van der Waals surface area contributed by atoms with Crippen LogP contribution in [0.15, 0.2) is 53.0 Å². The quantitative estimate of drug-likeness (QED) is 0.187. The van der Waals surface area contributed by atoms with Crippen molar-refractivity contribution in [2.45, 2.75) is 50.9 Å². The van der Waals surface area contributed by atoms with Crippen LogP contribution in [0.2, 0.25) is 5.02 Å². The second-order valence-corrected chi connectivity index (χ2v) is 13.8. The molecule has 15 heteroatoms. The van der Waals surface area contributed by atoms with Crippen molar-refractivity contribution < 1.29 is 43.2 Å². The molecule has 0 saturated heterocycles. The maximum atomic E-state index is 14.1. The third-order valence-corrected chi connectivity index (χ3v) is 8.51. The monoisotopic (exact) mass is 843 g/mol. The predicted molar refractivity (Wildman–Crippen MR) is 184 cm³/mol. The summed E-state index contributed by atoms with van der Waals surface area (Å²) < 4.78 is 22.4. The van der Waals surface area contributed by atoms with Crippen LogP contribution in [0, 0.1) is 3.57 Å². The van der Waals surface area contributed by atoms with Crippen LogP contribution in [0.4, 0.5) is 4.79 Å². The minimum Gasteiger partial charge on any atom is -0.504 e. The van der Waals surface area contributed by atoms with Gasteiger partial charge in [-0.15, -0.1) is 0 Å². The summed E-state index contributed by atoms with van der Waals surface area (Å²) in [6.45, 7) is 4.99. The molecule has 2 aliphatic rings. The van der Waals surface area contributed by atoms with Crippen LogP contribution in [-0.2, 0) is 30.3 Å². The average molecular weight is 845 g/mol. The molecule has 0 aliphatic carbocycles. The largest absolute Gasteiger partial charge is 0.504 e. The molecule has 3 aromatic rings. The Bertz CT molecular complexity index is 1680. The van der Waals surface area contributed by atoms with Gasteiger partial charge in [0.2, 0.25) is 11.8 Å². The number of halogens is 3. The summed E-state index contributed by atoms with van der Waals surface area (Å²) in [5, 5.41) is 19.0. The van der Waals surface area contributed by atoms with Gasteiger partial charge in [-0.05, 0) is 112 Å². The van der Waals surface area contributed by atoms with E-state index in [1.807, 2.05) is 22.6 Å². The molecule has 0 radical (unpaired) electrons. The Labute approximate surface area is 298 Å². The maximum absolute atomic E-state index is 14.1. The van der Waals surface area contributed by atoms with E-state index in [-0.39, 0.29) is 37.8 Å². The molecule has 4 bridgehead atoms. The van der Waals surface area contributed by atoms with Gasteiger partial charge in [0.1, 0.15) is 29.5 Å². The molecular formula is C32H32BrClIN3O9. The van der Waals surface area contributed by atoms with Crippen molar-refractivity contribution in [3.8, 4) is 23.0 Å². The Balaban J connectivity index is 1.92. The van der Waals surface area contributed by atoms with Crippen LogP contribution in [0.25, 0.3) is 0 Å². The standard InChI is InChI=1S/C32H32BrClIN3O9/c1-32(2,3)47-31(43)38-25-17-13-21(35)26(39)23(14-17)46-27-19(33)10-15(11-20(27)34)12-22(30(42)45-5)36-28(40)24(37-29(25)41)16-6-8-18(44-4)9-7-16/h6-11,13-14,22,24-25,39H,12H2,1-5H3,(H,36,40)(H,37,41)(H,38,43)/t22-,24+,25-/m1/s1. The van der Waals surface area contributed by atoms with Crippen molar-refractivity contribution >= 4 is 74.0 Å². The van der Waals surface area contributed by atoms with E-state index in [9.17, 15) is 24.3 Å². The first-order valence-corrected chi connectivity index (χ1v) is 16.3. The van der Waals surface area contributed by atoms with Crippen molar-refractivity contribution in [1.29, 1.82) is 0 Å². The SMILES string of the molecule is COC(=O)[C@H]1Cc2cc(Cl)c(c(Br)c2)Oc2cc(cc(I)c2O)[C@@H](NC(=O)OC(C)(C)C)C(=O)N[C@@H](c2ccc(OC)cc2)C(=O)N1. The summed E-state index contributed by atoms with van der Waals surface area (Å²) in [5.74, 6) is -1.99. The number of fused-ring (bicyclic) bond motifs is 9. The minimum absolute atomic E-state index is 0.0399. The second kappa shape index (κ2) is 15.0. The number of phenolic OH excluding ortho intramolecular Hbond substituents is 1. The molecule has 2 aliphatic heterocycles. The Hall–Kier alpha value is -3.76. The summed E-state index contributed by atoms with van der Waals surface area (Å²) in [6, 6.07) is 8.41. The first-order valence-electron chi connectivity index (χ1n) is 14.1. The van der Waals surface area contributed by atoms with Gasteiger partial charge in [-0.1, -0.05) is 23.7 Å². The number of ether oxygens (including phenoxy) is 4. The number of hydrogen-bond donors (Lipinski definition) is 4. The van der Waals surface area contributed by atoms with Crippen molar-refractivity contribution in [1.82, 2.24) is 16.0 Å². The lowest BCUT2D eigenvalue weighted by molar-refractivity contribution is -0.145. The van der Waals surface area contributed by atoms with Crippen LogP contribution >= 0.6 is 50.1 Å².